The zero-order valence-electron chi connectivity index (χ0n) is 11.7. The van der Waals surface area contributed by atoms with Gasteiger partial charge in [0.15, 0.2) is 0 Å². The second-order valence-electron chi connectivity index (χ2n) is 5.56. The van der Waals surface area contributed by atoms with E-state index < -0.39 is 7.12 Å². The number of nitrogens with zero attached hydrogens (tertiary/aromatic N) is 1. The van der Waals surface area contributed by atoms with Crippen molar-refractivity contribution in [2.45, 2.75) is 12.5 Å². The van der Waals surface area contributed by atoms with Crippen molar-refractivity contribution in [2.75, 3.05) is 31.6 Å². The predicted molar refractivity (Wildman–Crippen MR) is 79.2 cm³/mol. The molecule has 3 rings (SSSR count). The van der Waals surface area contributed by atoms with Gasteiger partial charge in [-0.2, -0.15) is 0 Å². The number of carbonyl (C=O) groups is 1. The fourth-order valence-corrected chi connectivity index (χ4v) is 3.12. The summed E-state index contributed by atoms with van der Waals surface area (Å²) in [6, 6.07) is 6.77. The van der Waals surface area contributed by atoms with Gasteiger partial charge in [0.2, 0.25) is 5.91 Å². The number of morpholine rings is 1. The summed E-state index contributed by atoms with van der Waals surface area (Å²) in [6.45, 7) is 3.16. The third-order valence-corrected chi connectivity index (χ3v) is 4.26. The highest BCUT2D eigenvalue weighted by atomic mass is 16.5. The molecule has 2 aliphatic rings. The number of hydrogen-bond acceptors (Lipinski definition) is 5. The first-order valence-corrected chi connectivity index (χ1v) is 7.24. The van der Waals surface area contributed by atoms with Gasteiger partial charge >= 0.3 is 7.12 Å². The molecule has 3 N–H and O–H groups in total. The Bertz CT molecular complexity index is 525. The Hall–Kier alpha value is -1.41. The molecule has 1 aromatic rings. The third-order valence-electron chi connectivity index (χ3n) is 4.26. The van der Waals surface area contributed by atoms with E-state index in [1.807, 2.05) is 0 Å². The first kappa shape index (κ1) is 14.5. The predicted octanol–water partition coefficient (Wildman–Crippen LogP) is -0.974. The number of carbonyl (C=O) groups excluding carboxylic acids is 1. The van der Waals surface area contributed by atoms with Crippen LogP contribution >= 0.6 is 0 Å². The summed E-state index contributed by atoms with van der Waals surface area (Å²) in [7, 11) is -1.53. The quantitative estimate of drug-likeness (QED) is 0.624. The first-order valence-electron chi connectivity index (χ1n) is 7.24. The lowest BCUT2D eigenvalue weighted by atomic mass is 9.80. The fourth-order valence-electron chi connectivity index (χ4n) is 3.12. The topological polar surface area (TPSA) is 82.0 Å². The minimum absolute atomic E-state index is 0.0300. The van der Waals surface area contributed by atoms with Crippen LogP contribution in [0.3, 0.4) is 0 Å². The molecule has 21 heavy (non-hydrogen) atoms. The molecule has 1 amide bonds. The van der Waals surface area contributed by atoms with E-state index in [2.05, 4.69) is 10.2 Å². The van der Waals surface area contributed by atoms with Crippen LogP contribution in [0.15, 0.2) is 24.3 Å². The second kappa shape index (κ2) is 6.15. The fraction of sp³-hybridized carbons (Fsp3) is 0.500. The van der Waals surface area contributed by atoms with E-state index in [0.717, 1.165) is 26.1 Å². The number of benzene rings is 1. The molecule has 0 bridgehead atoms. The number of hydrogen-bond donors (Lipinski definition) is 3. The molecule has 0 aromatic heterocycles. The van der Waals surface area contributed by atoms with Crippen molar-refractivity contribution in [3.8, 4) is 0 Å². The lowest BCUT2D eigenvalue weighted by Gasteiger charge is -2.31. The van der Waals surface area contributed by atoms with Crippen LogP contribution in [0, 0.1) is 5.92 Å². The van der Waals surface area contributed by atoms with Gasteiger partial charge in [-0.3, -0.25) is 9.69 Å². The summed E-state index contributed by atoms with van der Waals surface area (Å²) in [5, 5.41) is 21.2. The Balaban J connectivity index is 1.67. The van der Waals surface area contributed by atoms with E-state index in [4.69, 9.17) is 14.8 Å². The van der Waals surface area contributed by atoms with Crippen LogP contribution < -0.4 is 10.8 Å². The summed E-state index contributed by atoms with van der Waals surface area (Å²) < 4.78 is 5.48. The normalized spacial score (nSPS) is 25.4. The van der Waals surface area contributed by atoms with Crippen molar-refractivity contribution >= 4 is 24.2 Å². The van der Waals surface area contributed by atoms with Gasteiger partial charge in [-0.05, 0) is 30.6 Å². The molecule has 2 saturated heterocycles. The maximum absolute atomic E-state index is 12.4. The Morgan fingerprint density at radius 2 is 2.24 bits per heavy atom. The molecule has 0 unspecified atom stereocenters. The summed E-state index contributed by atoms with van der Waals surface area (Å²) in [4.78, 5) is 14.7. The van der Waals surface area contributed by atoms with Crippen molar-refractivity contribution in [3.63, 3.8) is 0 Å². The molecule has 0 spiro atoms. The summed E-state index contributed by atoms with van der Waals surface area (Å²) in [6.07, 6.45) is 0.835. The first-order chi connectivity index (χ1) is 10.1. The molecule has 2 fully saturated rings. The van der Waals surface area contributed by atoms with Gasteiger partial charge in [-0.15, -0.1) is 0 Å². The average molecular weight is 290 g/mol. The average Bonchev–Trinajstić information content (AvgIpc) is 2.91. The molecule has 1 aromatic carbocycles. The molecule has 2 atom stereocenters. The third kappa shape index (κ3) is 3.11. The lowest BCUT2D eigenvalue weighted by molar-refractivity contribution is -0.122. The van der Waals surface area contributed by atoms with Crippen LogP contribution in [0.25, 0.3) is 0 Å². The van der Waals surface area contributed by atoms with Crippen molar-refractivity contribution in [1.82, 2.24) is 4.90 Å². The summed E-state index contributed by atoms with van der Waals surface area (Å²) in [5.41, 5.74) is 0.947. The van der Waals surface area contributed by atoms with Crippen molar-refractivity contribution in [1.29, 1.82) is 0 Å². The largest absolute Gasteiger partial charge is 0.488 e. The van der Waals surface area contributed by atoms with E-state index in [0.29, 0.717) is 17.8 Å². The van der Waals surface area contributed by atoms with Crippen LogP contribution in [0.5, 0.6) is 0 Å². The molecule has 2 aliphatic heterocycles. The Morgan fingerprint density at radius 1 is 1.38 bits per heavy atom. The highest BCUT2D eigenvalue weighted by Gasteiger charge is 2.40. The van der Waals surface area contributed by atoms with E-state index in [-0.39, 0.29) is 17.9 Å². The van der Waals surface area contributed by atoms with Gasteiger partial charge in [0.05, 0.1) is 19.1 Å². The van der Waals surface area contributed by atoms with Crippen molar-refractivity contribution < 1.29 is 19.6 Å². The Labute approximate surface area is 123 Å². The monoisotopic (exact) mass is 290 g/mol. The molecule has 0 radical (unpaired) electrons. The molecule has 0 aliphatic carbocycles. The molecule has 6 nitrogen and oxygen atoms in total. The van der Waals surface area contributed by atoms with E-state index in [1.165, 1.54) is 0 Å². The molecule has 2 heterocycles. The van der Waals surface area contributed by atoms with Gasteiger partial charge < -0.3 is 20.1 Å². The number of anilines is 1. The van der Waals surface area contributed by atoms with Crippen LogP contribution in [0.1, 0.15) is 6.42 Å². The zero-order valence-corrected chi connectivity index (χ0v) is 11.7. The number of nitrogens with one attached hydrogen (secondary N) is 1. The van der Waals surface area contributed by atoms with E-state index >= 15 is 0 Å². The zero-order chi connectivity index (χ0) is 14.8. The van der Waals surface area contributed by atoms with Gasteiger partial charge in [0, 0.05) is 18.3 Å². The minimum atomic E-state index is -1.53. The number of amides is 1. The number of ether oxygens (including phenoxy) is 1. The maximum Gasteiger partial charge on any atom is 0.488 e. The van der Waals surface area contributed by atoms with Crippen molar-refractivity contribution in [2.24, 2.45) is 5.92 Å². The summed E-state index contributed by atoms with van der Waals surface area (Å²) in [5.74, 6) is -0.106. The van der Waals surface area contributed by atoms with Gasteiger partial charge in [-0.25, -0.2) is 0 Å². The minimum Gasteiger partial charge on any atom is -0.423 e. The standard InChI is InChI=1S/C14H19BN2O4/c18-14(12-4-5-17-6-7-21-9-13(12)17)16-11-3-1-2-10(8-11)15(19)20/h1-3,8,12-13,19-20H,4-7,9H2,(H,16,18)/t12-,13-/m0/s1. The van der Waals surface area contributed by atoms with Gasteiger partial charge in [0.25, 0.3) is 0 Å². The lowest BCUT2D eigenvalue weighted by Crippen LogP contribution is -2.46. The van der Waals surface area contributed by atoms with E-state index in [1.54, 1.807) is 24.3 Å². The number of fused-ring (bicyclic) bond motifs is 1. The SMILES string of the molecule is O=C(Nc1cccc(B(O)O)c1)[C@H]1CCN2CCOC[C@@H]12. The van der Waals surface area contributed by atoms with E-state index in [9.17, 15) is 4.79 Å². The maximum atomic E-state index is 12.4. The molecule has 112 valence electrons. The number of rotatable bonds is 3. The van der Waals surface area contributed by atoms with Crippen LogP contribution in [-0.2, 0) is 9.53 Å². The molecular weight excluding hydrogens is 271 g/mol. The van der Waals surface area contributed by atoms with Gasteiger partial charge in [-0.1, -0.05) is 12.1 Å². The van der Waals surface area contributed by atoms with Crippen molar-refractivity contribution in [3.05, 3.63) is 24.3 Å². The highest BCUT2D eigenvalue weighted by Crippen LogP contribution is 2.27. The van der Waals surface area contributed by atoms with Crippen LogP contribution in [0.4, 0.5) is 5.69 Å². The van der Waals surface area contributed by atoms with Crippen LogP contribution in [-0.4, -0.2) is 60.3 Å². The second-order valence-corrected chi connectivity index (χ2v) is 5.56. The molecule has 7 heteroatoms. The summed E-state index contributed by atoms with van der Waals surface area (Å²) >= 11 is 0. The van der Waals surface area contributed by atoms with Gasteiger partial charge in [0.1, 0.15) is 0 Å². The smallest absolute Gasteiger partial charge is 0.423 e. The van der Waals surface area contributed by atoms with Crippen LogP contribution in [0.2, 0.25) is 0 Å². The molecular formula is C14H19BN2O4. The Kier molecular flexibility index (Phi) is 4.25. The Morgan fingerprint density at radius 3 is 3.05 bits per heavy atom. The molecule has 0 saturated carbocycles. The highest BCUT2D eigenvalue weighted by molar-refractivity contribution is 6.58.